The van der Waals surface area contributed by atoms with Crippen LogP contribution in [0.2, 0.25) is 0 Å². The van der Waals surface area contributed by atoms with E-state index in [0.717, 1.165) is 11.1 Å². The Kier molecular flexibility index (Phi) is 8.56. The smallest absolute Gasteiger partial charge is 0.232 e. The van der Waals surface area contributed by atoms with Gasteiger partial charge < -0.3 is 9.32 Å². The lowest BCUT2D eigenvalue weighted by atomic mass is 9.96. The lowest BCUT2D eigenvalue weighted by Crippen LogP contribution is -2.37. The minimum Gasteiger partial charge on any atom is -0.455 e. The summed E-state index contributed by atoms with van der Waals surface area (Å²) in [4.78, 5) is 15.3. The Morgan fingerprint density at radius 3 is 2.12 bits per heavy atom. The molecule has 1 aromatic heterocycles. The molecule has 0 unspecified atom stereocenters. The molecule has 5 rings (SSSR count). The van der Waals surface area contributed by atoms with Crippen molar-refractivity contribution in [3.63, 3.8) is 0 Å². The summed E-state index contributed by atoms with van der Waals surface area (Å²) in [6.45, 7) is 3.14. The maximum absolute atomic E-state index is 13.7. The summed E-state index contributed by atoms with van der Waals surface area (Å²) in [6, 6.07) is 28.8. The first-order chi connectivity index (χ1) is 20.2. The molecule has 0 saturated heterocycles. The average molecular weight is 585 g/mol. The van der Waals surface area contributed by atoms with E-state index in [1.807, 2.05) is 73.8 Å². The van der Waals surface area contributed by atoms with E-state index in [-0.39, 0.29) is 18.7 Å². The number of fused-ring (bicyclic) bond motifs is 1. The molecule has 0 bridgehead atoms. The van der Waals surface area contributed by atoms with E-state index in [1.54, 1.807) is 25.1 Å². The number of likely N-dealkylation sites (N-methyl/N-ethyl adjacent to an activating group) is 1. The predicted molar refractivity (Wildman–Crippen MR) is 167 cm³/mol. The third-order valence-corrected chi connectivity index (χ3v) is 8.43. The van der Waals surface area contributed by atoms with Crippen LogP contribution in [0.15, 0.2) is 101 Å². The van der Waals surface area contributed by atoms with E-state index >= 15 is 0 Å². The normalized spacial score (nSPS) is 11.7. The summed E-state index contributed by atoms with van der Waals surface area (Å²) in [5.41, 5.74) is 4.41. The van der Waals surface area contributed by atoms with Crippen LogP contribution in [0.25, 0.3) is 33.4 Å². The fourth-order valence-electron chi connectivity index (χ4n) is 5.15. The van der Waals surface area contributed by atoms with Crippen molar-refractivity contribution in [2.75, 3.05) is 30.7 Å². The number of hydrogen-bond donors (Lipinski definition) is 0. The van der Waals surface area contributed by atoms with Gasteiger partial charge in [0.15, 0.2) is 5.78 Å². The fraction of sp³-hybridized carbons (Fsp3) is 0.206. The molecule has 1 heterocycles. The van der Waals surface area contributed by atoms with Crippen molar-refractivity contribution in [3.8, 4) is 22.5 Å². The molecule has 0 spiro atoms. The number of benzene rings is 4. The molecule has 0 aliphatic rings. The molecular formula is C34H33FN2O4S. The molecule has 42 heavy (non-hydrogen) atoms. The second-order valence-corrected chi connectivity index (χ2v) is 12.3. The largest absolute Gasteiger partial charge is 0.455 e. The number of anilines is 1. The minimum atomic E-state index is -3.71. The first-order valence-corrected chi connectivity index (χ1v) is 15.7. The van der Waals surface area contributed by atoms with Gasteiger partial charge in [-0.05, 0) is 48.5 Å². The van der Waals surface area contributed by atoms with Crippen molar-refractivity contribution in [1.82, 2.24) is 4.90 Å². The van der Waals surface area contributed by atoms with Crippen molar-refractivity contribution >= 4 is 32.5 Å². The van der Waals surface area contributed by atoms with Crippen molar-refractivity contribution in [3.05, 3.63) is 114 Å². The highest BCUT2D eigenvalue weighted by Crippen LogP contribution is 2.42. The number of halogens is 1. The van der Waals surface area contributed by atoms with Gasteiger partial charge in [0.05, 0.1) is 17.5 Å². The van der Waals surface area contributed by atoms with Gasteiger partial charge >= 0.3 is 0 Å². The van der Waals surface area contributed by atoms with Crippen molar-refractivity contribution in [2.24, 2.45) is 0 Å². The Hall–Kier alpha value is -4.27. The molecule has 0 aliphatic heterocycles. The number of rotatable bonds is 11. The molecule has 5 aromatic rings. The Bertz CT molecular complexity index is 1800. The first kappa shape index (κ1) is 29.2. The standard InChI is InChI=1S/C34H33FN2O4S/c1-4-31(38)33-29-21-28(25-13-9-6-10-14-25)30(22-32(29)41-34(33)26-15-17-27(35)18-16-26)37(42(3,39)40)20-19-36(2)23-24-11-7-5-8-12-24/h5-18,21-22H,4,19-20,23H2,1-3H3. The van der Waals surface area contributed by atoms with Gasteiger partial charge in [0.2, 0.25) is 10.0 Å². The highest BCUT2D eigenvalue weighted by molar-refractivity contribution is 7.92. The van der Waals surface area contributed by atoms with Gasteiger partial charge in [0.25, 0.3) is 0 Å². The molecule has 216 valence electrons. The average Bonchev–Trinajstić information content (AvgIpc) is 3.35. The molecule has 4 aromatic carbocycles. The Morgan fingerprint density at radius 1 is 0.857 bits per heavy atom. The second kappa shape index (κ2) is 12.3. The van der Waals surface area contributed by atoms with Crippen LogP contribution in [0.1, 0.15) is 29.3 Å². The van der Waals surface area contributed by atoms with Crippen molar-refractivity contribution < 1.29 is 22.0 Å². The van der Waals surface area contributed by atoms with Crippen LogP contribution >= 0.6 is 0 Å². The number of Topliss-reactive ketones (excluding diaryl/α,β-unsaturated/α-hetero) is 1. The maximum Gasteiger partial charge on any atom is 0.232 e. The summed E-state index contributed by atoms with van der Waals surface area (Å²) < 4.78 is 48.0. The minimum absolute atomic E-state index is 0.123. The van der Waals surface area contributed by atoms with Gasteiger partial charge in [-0.2, -0.15) is 0 Å². The van der Waals surface area contributed by atoms with E-state index in [2.05, 4.69) is 4.90 Å². The number of hydrogen-bond acceptors (Lipinski definition) is 5. The van der Waals surface area contributed by atoms with Gasteiger partial charge in [0.1, 0.15) is 17.2 Å². The van der Waals surface area contributed by atoms with Crippen LogP contribution in [0, 0.1) is 5.82 Å². The molecule has 0 aliphatic carbocycles. The van der Waals surface area contributed by atoms with Crippen LogP contribution in [-0.4, -0.2) is 45.5 Å². The van der Waals surface area contributed by atoms with Crippen molar-refractivity contribution in [2.45, 2.75) is 19.9 Å². The lowest BCUT2D eigenvalue weighted by Gasteiger charge is -2.27. The van der Waals surface area contributed by atoms with Crippen LogP contribution < -0.4 is 4.31 Å². The summed E-state index contributed by atoms with van der Waals surface area (Å²) in [5.74, 6) is -0.184. The molecule has 0 fully saturated rings. The number of nitrogens with zero attached hydrogens (tertiary/aromatic N) is 2. The molecule has 0 radical (unpaired) electrons. The molecular weight excluding hydrogens is 551 g/mol. The van der Waals surface area contributed by atoms with Crippen LogP contribution in [0.3, 0.4) is 0 Å². The first-order valence-electron chi connectivity index (χ1n) is 13.8. The third-order valence-electron chi connectivity index (χ3n) is 7.25. The zero-order valence-electron chi connectivity index (χ0n) is 23.9. The van der Waals surface area contributed by atoms with Gasteiger partial charge in [-0.15, -0.1) is 0 Å². The van der Waals surface area contributed by atoms with Gasteiger partial charge in [-0.25, -0.2) is 12.8 Å². The molecule has 0 amide bonds. The monoisotopic (exact) mass is 584 g/mol. The number of sulfonamides is 1. The molecule has 0 saturated carbocycles. The molecule has 8 heteroatoms. The highest BCUT2D eigenvalue weighted by atomic mass is 32.2. The third kappa shape index (κ3) is 6.30. The van der Waals surface area contributed by atoms with Crippen LogP contribution in [0.5, 0.6) is 0 Å². The highest BCUT2D eigenvalue weighted by Gasteiger charge is 2.27. The molecule has 0 N–H and O–H groups in total. The Morgan fingerprint density at radius 2 is 1.50 bits per heavy atom. The number of ketones is 1. The van der Waals surface area contributed by atoms with E-state index in [9.17, 15) is 17.6 Å². The summed E-state index contributed by atoms with van der Waals surface area (Å²) in [6.07, 6.45) is 1.44. The van der Waals surface area contributed by atoms with E-state index in [1.165, 1.54) is 22.7 Å². The van der Waals surface area contributed by atoms with Gasteiger partial charge in [-0.3, -0.25) is 9.10 Å². The fourth-order valence-corrected chi connectivity index (χ4v) is 6.07. The number of carbonyl (C=O) groups excluding carboxylic acids is 1. The summed E-state index contributed by atoms with van der Waals surface area (Å²) >= 11 is 0. The van der Waals surface area contributed by atoms with Crippen molar-refractivity contribution in [1.29, 1.82) is 0 Å². The van der Waals surface area contributed by atoms with Crippen LogP contribution in [-0.2, 0) is 16.6 Å². The van der Waals surface area contributed by atoms with E-state index in [0.29, 0.717) is 52.2 Å². The van der Waals surface area contributed by atoms with Gasteiger partial charge in [-0.1, -0.05) is 67.6 Å². The molecule has 6 nitrogen and oxygen atoms in total. The summed E-state index contributed by atoms with van der Waals surface area (Å²) in [5, 5.41) is 0.582. The van der Waals surface area contributed by atoms with Crippen LogP contribution in [0.4, 0.5) is 10.1 Å². The maximum atomic E-state index is 13.7. The predicted octanol–water partition coefficient (Wildman–Crippen LogP) is 7.40. The zero-order chi connectivity index (χ0) is 29.9. The quantitative estimate of drug-likeness (QED) is 0.151. The number of carbonyl (C=O) groups is 1. The van der Waals surface area contributed by atoms with E-state index in [4.69, 9.17) is 4.42 Å². The second-order valence-electron chi connectivity index (χ2n) is 10.4. The van der Waals surface area contributed by atoms with E-state index < -0.39 is 15.8 Å². The summed E-state index contributed by atoms with van der Waals surface area (Å²) in [7, 11) is -1.75. The zero-order valence-corrected chi connectivity index (χ0v) is 24.7. The molecule has 0 atom stereocenters. The SMILES string of the molecule is CCC(=O)c1c(-c2ccc(F)cc2)oc2cc(N(CCN(C)Cc3ccccc3)S(C)(=O)=O)c(-c3ccccc3)cc12. The lowest BCUT2D eigenvalue weighted by molar-refractivity contribution is 0.0989. The number of furan rings is 1. The Balaban J connectivity index is 1.65. The topological polar surface area (TPSA) is 70.8 Å². The van der Waals surface area contributed by atoms with Gasteiger partial charge in [0, 0.05) is 48.6 Å². The Labute approximate surface area is 246 Å².